The van der Waals surface area contributed by atoms with Crippen LogP contribution in [0.3, 0.4) is 0 Å². The van der Waals surface area contributed by atoms with Crippen LogP contribution in [0.1, 0.15) is 29.9 Å². The van der Waals surface area contributed by atoms with E-state index in [1.54, 1.807) is 6.33 Å². The van der Waals surface area contributed by atoms with Gasteiger partial charge in [0, 0.05) is 53.8 Å². The van der Waals surface area contributed by atoms with E-state index in [2.05, 4.69) is 32.2 Å². The molecule has 0 aromatic carbocycles. The van der Waals surface area contributed by atoms with Crippen LogP contribution in [0.15, 0.2) is 53.5 Å². The molecule has 0 radical (unpaired) electrons. The molecule has 6 nitrogen and oxygen atoms in total. The maximum atomic E-state index is 5.84. The van der Waals surface area contributed by atoms with E-state index >= 15 is 0 Å². The van der Waals surface area contributed by atoms with Crippen LogP contribution in [0.2, 0.25) is 0 Å². The number of nitrogens with zero attached hydrogens (tertiary/aromatic N) is 4. The predicted molar refractivity (Wildman–Crippen MR) is 106 cm³/mol. The van der Waals surface area contributed by atoms with E-state index < -0.39 is 0 Å². The van der Waals surface area contributed by atoms with Crippen LogP contribution in [-0.4, -0.2) is 26.5 Å². The van der Waals surface area contributed by atoms with Crippen LogP contribution in [0.5, 0.6) is 0 Å². The lowest BCUT2D eigenvalue weighted by Crippen LogP contribution is -2.11. The molecule has 0 aliphatic heterocycles. The lowest BCUT2D eigenvalue weighted by Gasteiger charge is -2.14. The average molecular weight is 359 g/mol. The summed E-state index contributed by atoms with van der Waals surface area (Å²) >= 11 is 0. The summed E-state index contributed by atoms with van der Waals surface area (Å²) in [7, 11) is 0. The molecule has 0 fully saturated rings. The summed E-state index contributed by atoms with van der Waals surface area (Å²) in [6.07, 6.45) is 5.23. The first-order chi connectivity index (χ1) is 13.1. The van der Waals surface area contributed by atoms with Gasteiger partial charge in [-0.3, -0.25) is 9.97 Å². The zero-order chi connectivity index (χ0) is 18.8. The fraction of sp³-hybridized carbons (Fsp3) is 0.238. The van der Waals surface area contributed by atoms with Gasteiger partial charge in [0.05, 0.1) is 5.69 Å². The molecular formula is C21H21N5O. The van der Waals surface area contributed by atoms with Gasteiger partial charge >= 0.3 is 0 Å². The Morgan fingerprint density at radius 1 is 1.04 bits per heavy atom. The number of aryl methyl sites for hydroxylation is 2. The smallest absolute Gasteiger partial charge is 0.156 e. The van der Waals surface area contributed by atoms with E-state index in [9.17, 15) is 0 Å². The third-order valence-corrected chi connectivity index (χ3v) is 4.56. The largest absolute Gasteiger partial charge is 0.459 e. The second-order valence-electron chi connectivity index (χ2n) is 6.73. The van der Waals surface area contributed by atoms with Gasteiger partial charge in [0.15, 0.2) is 5.58 Å². The molecule has 4 heterocycles. The Kier molecular flexibility index (Phi) is 4.54. The van der Waals surface area contributed by atoms with Crippen LogP contribution < -0.4 is 5.32 Å². The van der Waals surface area contributed by atoms with Crippen molar-refractivity contribution in [2.24, 2.45) is 0 Å². The Hall–Kier alpha value is -3.28. The number of hydrogen-bond donors (Lipinski definition) is 1. The normalized spacial score (nSPS) is 12.3. The van der Waals surface area contributed by atoms with Crippen molar-refractivity contribution in [1.82, 2.24) is 19.9 Å². The maximum Gasteiger partial charge on any atom is 0.156 e. The number of rotatable bonds is 5. The van der Waals surface area contributed by atoms with Crippen molar-refractivity contribution in [3.05, 3.63) is 66.1 Å². The van der Waals surface area contributed by atoms with E-state index in [-0.39, 0.29) is 5.92 Å². The Bertz CT molecular complexity index is 1070. The van der Waals surface area contributed by atoms with Crippen molar-refractivity contribution in [3.63, 3.8) is 0 Å². The summed E-state index contributed by atoms with van der Waals surface area (Å²) in [4.78, 5) is 17.4. The number of anilines is 1. The predicted octanol–water partition coefficient (Wildman–Crippen LogP) is 4.51. The number of pyridine rings is 2. The summed E-state index contributed by atoms with van der Waals surface area (Å²) < 4.78 is 5.84. The van der Waals surface area contributed by atoms with E-state index in [4.69, 9.17) is 4.42 Å². The fourth-order valence-corrected chi connectivity index (χ4v) is 3.06. The number of nitrogens with one attached hydrogen (secondary N) is 1. The van der Waals surface area contributed by atoms with Crippen molar-refractivity contribution in [2.75, 3.05) is 11.9 Å². The molecule has 4 rings (SSSR count). The monoisotopic (exact) mass is 359 g/mol. The summed E-state index contributed by atoms with van der Waals surface area (Å²) in [5.74, 6) is 1.89. The van der Waals surface area contributed by atoms with E-state index in [1.165, 1.54) is 0 Å². The number of furan rings is 1. The van der Waals surface area contributed by atoms with E-state index in [1.807, 2.05) is 56.6 Å². The molecule has 0 aliphatic rings. The molecule has 0 amide bonds. The third-order valence-electron chi connectivity index (χ3n) is 4.56. The van der Waals surface area contributed by atoms with Gasteiger partial charge in [-0.15, -0.1) is 0 Å². The van der Waals surface area contributed by atoms with E-state index in [0.717, 1.165) is 51.7 Å². The first-order valence-corrected chi connectivity index (χ1v) is 8.94. The van der Waals surface area contributed by atoms with E-state index in [0.29, 0.717) is 0 Å². The highest BCUT2D eigenvalue weighted by Crippen LogP contribution is 2.27. The molecular weight excluding hydrogens is 338 g/mol. The second-order valence-corrected chi connectivity index (χ2v) is 6.73. The molecule has 1 atom stereocenters. The van der Waals surface area contributed by atoms with Gasteiger partial charge in [-0.2, -0.15) is 0 Å². The molecule has 0 spiro atoms. The molecule has 0 aliphatic carbocycles. The summed E-state index contributed by atoms with van der Waals surface area (Å²) in [6.45, 7) is 6.79. The number of hydrogen-bond acceptors (Lipinski definition) is 6. The Morgan fingerprint density at radius 3 is 2.74 bits per heavy atom. The van der Waals surface area contributed by atoms with Gasteiger partial charge in [0.2, 0.25) is 0 Å². The zero-order valence-electron chi connectivity index (χ0n) is 15.6. The maximum absolute atomic E-state index is 5.84. The summed E-state index contributed by atoms with van der Waals surface area (Å²) in [5.41, 5.74) is 5.70. The zero-order valence-corrected chi connectivity index (χ0v) is 15.6. The lowest BCUT2D eigenvalue weighted by molar-refractivity contribution is 0.570. The molecule has 6 heteroatoms. The summed E-state index contributed by atoms with van der Waals surface area (Å²) in [6, 6.07) is 9.92. The van der Waals surface area contributed by atoms with Crippen LogP contribution in [0.4, 0.5) is 5.82 Å². The van der Waals surface area contributed by atoms with Crippen molar-refractivity contribution in [1.29, 1.82) is 0 Å². The quantitative estimate of drug-likeness (QED) is 0.565. The topological polar surface area (TPSA) is 76.7 Å². The first kappa shape index (κ1) is 17.1. The minimum Gasteiger partial charge on any atom is -0.459 e. The Morgan fingerprint density at radius 2 is 1.93 bits per heavy atom. The lowest BCUT2D eigenvalue weighted by atomic mass is 10.0. The van der Waals surface area contributed by atoms with Gasteiger partial charge in [0.25, 0.3) is 0 Å². The van der Waals surface area contributed by atoms with Crippen molar-refractivity contribution in [3.8, 4) is 11.3 Å². The Labute approximate surface area is 157 Å². The van der Waals surface area contributed by atoms with Gasteiger partial charge in [-0.1, -0.05) is 6.92 Å². The highest BCUT2D eigenvalue weighted by atomic mass is 16.3. The van der Waals surface area contributed by atoms with Gasteiger partial charge < -0.3 is 9.73 Å². The minimum atomic E-state index is 0.237. The molecule has 1 unspecified atom stereocenters. The molecule has 0 saturated heterocycles. The van der Waals surface area contributed by atoms with Gasteiger partial charge in [0.1, 0.15) is 23.4 Å². The van der Waals surface area contributed by atoms with Crippen LogP contribution in [0.25, 0.3) is 22.4 Å². The molecule has 1 N–H and O–H groups in total. The second kappa shape index (κ2) is 7.15. The number of fused-ring (bicyclic) bond motifs is 1. The van der Waals surface area contributed by atoms with Crippen LogP contribution >= 0.6 is 0 Å². The SMILES string of the molecule is Cc1ccc(-c2cc(NCC(C)c3ccnc4cc(C)oc34)ncn2)cn1. The minimum absolute atomic E-state index is 0.237. The van der Waals surface area contributed by atoms with Gasteiger partial charge in [-0.25, -0.2) is 9.97 Å². The molecule has 0 bridgehead atoms. The van der Waals surface area contributed by atoms with Crippen LogP contribution in [0, 0.1) is 13.8 Å². The Balaban J connectivity index is 1.51. The molecule has 136 valence electrons. The van der Waals surface area contributed by atoms with Gasteiger partial charge in [-0.05, 0) is 32.0 Å². The standard InChI is InChI=1S/C21H21N5O/c1-13(17-6-7-22-19-8-15(3)27-21(17)19)10-24-20-9-18(25-12-26-20)16-5-4-14(2)23-11-16/h4-9,11-13H,10H2,1-3H3,(H,24,25,26). The highest BCUT2D eigenvalue weighted by molar-refractivity contribution is 5.77. The van der Waals surface area contributed by atoms with Crippen molar-refractivity contribution >= 4 is 16.9 Å². The summed E-state index contributed by atoms with van der Waals surface area (Å²) in [5, 5.41) is 3.40. The molecule has 27 heavy (non-hydrogen) atoms. The average Bonchev–Trinajstić information content (AvgIpc) is 3.07. The van der Waals surface area contributed by atoms with Crippen LogP contribution in [-0.2, 0) is 0 Å². The molecule has 0 saturated carbocycles. The first-order valence-electron chi connectivity index (χ1n) is 8.94. The number of aromatic nitrogens is 4. The molecule has 4 aromatic rings. The van der Waals surface area contributed by atoms with Crippen molar-refractivity contribution in [2.45, 2.75) is 26.7 Å². The third kappa shape index (κ3) is 3.65. The highest BCUT2D eigenvalue weighted by Gasteiger charge is 2.14. The van der Waals surface area contributed by atoms with Crippen molar-refractivity contribution < 1.29 is 4.42 Å². The fourth-order valence-electron chi connectivity index (χ4n) is 3.06. The molecule has 4 aromatic heterocycles.